The molecule has 2 aromatic rings. The summed E-state index contributed by atoms with van der Waals surface area (Å²) in [6.45, 7) is 2.79. The highest BCUT2D eigenvalue weighted by molar-refractivity contribution is 8.26. The Bertz CT molecular complexity index is 802. The van der Waals surface area contributed by atoms with Crippen molar-refractivity contribution in [1.29, 1.82) is 0 Å². The zero-order valence-electron chi connectivity index (χ0n) is 14.0. The van der Waals surface area contributed by atoms with E-state index < -0.39 is 0 Å². The predicted molar refractivity (Wildman–Crippen MR) is 108 cm³/mol. The van der Waals surface area contributed by atoms with Crippen LogP contribution in [0.25, 0.3) is 6.08 Å². The molecule has 3 nitrogen and oxygen atoms in total. The minimum absolute atomic E-state index is 0.00201. The Balaban J connectivity index is 1.76. The van der Waals surface area contributed by atoms with Crippen LogP contribution in [-0.4, -0.2) is 21.7 Å². The first-order chi connectivity index (χ1) is 12.2. The molecule has 1 heterocycles. The summed E-state index contributed by atoms with van der Waals surface area (Å²) < 4.78 is 6.49. The van der Waals surface area contributed by atoms with Crippen LogP contribution in [0, 0.1) is 0 Å². The molecule has 0 N–H and O–H groups in total. The molecule has 128 valence electrons. The fraction of sp³-hybridized carbons (Fsp3) is 0.200. The number of amides is 1. The van der Waals surface area contributed by atoms with Crippen molar-refractivity contribution in [1.82, 2.24) is 4.90 Å². The van der Waals surface area contributed by atoms with E-state index in [4.69, 9.17) is 17.0 Å². The van der Waals surface area contributed by atoms with Gasteiger partial charge in [-0.2, -0.15) is 0 Å². The van der Waals surface area contributed by atoms with Gasteiger partial charge < -0.3 is 4.74 Å². The molecule has 0 aliphatic carbocycles. The number of para-hydroxylation sites is 1. The molecular weight excluding hydrogens is 350 g/mol. The lowest BCUT2D eigenvalue weighted by Gasteiger charge is -2.13. The molecule has 0 aromatic heterocycles. The smallest absolute Gasteiger partial charge is 0.266 e. The number of thiocarbonyl (C=S) groups is 1. The van der Waals surface area contributed by atoms with Crippen LogP contribution in [0.4, 0.5) is 0 Å². The van der Waals surface area contributed by atoms with Crippen molar-refractivity contribution in [2.24, 2.45) is 0 Å². The minimum atomic E-state index is -0.00201. The summed E-state index contributed by atoms with van der Waals surface area (Å²) in [6.07, 6.45) is 3.87. The third-order valence-electron chi connectivity index (χ3n) is 3.74. The molecule has 0 spiro atoms. The van der Waals surface area contributed by atoms with E-state index in [1.165, 1.54) is 11.8 Å². The van der Waals surface area contributed by atoms with Crippen LogP contribution < -0.4 is 4.74 Å². The average Bonchev–Trinajstić information content (AvgIpc) is 2.88. The van der Waals surface area contributed by atoms with Gasteiger partial charge in [-0.3, -0.25) is 9.69 Å². The van der Waals surface area contributed by atoms with E-state index in [0.717, 1.165) is 29.9 Å². The number of carbonyl (C=O) groups is 1. The van der Waals surface area contributed by atoms with Crippen molar-refractivity contribution >= 4 is 40.3 Å². The number of thioether (sulfide) groups is 1. The Hall–Kier alpha value is -2.11. The number of nitrogens with zero attached hydrogens (tertiary/aromatic N) is 1. The lowest BCUT2D eigenvalue weighted by Crippen LogP contribution is -2.28. The fourth-order valence-corrected chi connectivity index (χ4v) is 3.76. The van der Waals surface area contributed by atoms with Crippen LogP contribution in [0.5, 0.6) is 11.5 Å². The van der Waals surface area contributed by atoms with Crippen molar-refractivity contribution < 1.29 is 9.53 Å². The monoisotopic (exact) mass is 369 g/mol. The molecule has 0 unspecified atom stereocenters. The summed E-state index contributed by atoms with van der Waals surface area (Å²) in [7, 11) is 0. The van der Waals surface area contributed by atoms with E-state index in [-0.39, 0.29) is 5.91 Å². The number of benzene rings is 2. The van der Waals surface area contributed by atoms with Crippen molar-refractivity contribution in [3.63, 3.8) is 0 Å². The van der Waals surface area contributed by atoms with Crippen LogP contribution in [0.1, 0.15) is 25.3 Å². The Morgan fingerprint density at radius 3 is 2.64 bits per heavy atom. The standard InChI is InChI=1S/C20H19NO2S2/c1-2-3-12-21-19(22)18(25-20(21)24)14-15-8-7-11-17(13-15)23-16-9-5-4-6-10-16/h4-11,13-14H,2-3,12H2,1H3/b18-14+. The Morgan fingerprint density at radius 2 is 1.88 bits per heavy atom. The molecule has 1 amide bonds. The molecule has 0 bridgehead atoms. The summed E-state index contributed by atoms with van der Waals surface area (Å²) >= 11 is 6.70. The normalized spacial score (nSPS) is 15.9. The van der Waals surface area contributed by atoms with Crippen molar-refractivity contribution in [2.45, 2.75) is 19.8 Å². The second-order valence-electron chi connectivity index (χ2n) is 5.67. The Kier molecular flexibility index (Phi) is 5.89. The topological polar surface area (TPSA) is 29.5 Å². The van der Waals surface area contributed by atoms with Gasteiger partial charge in [-0.25, -0.2) is 0 Å². The first kappa shape index (κ1) is 17.7. The Labute approximate surface area is 157 Å². The van der Waals surface area contributed by atoms with Crippen molar-refractivity contribution in [3.8, 4) is 11.5 Å². The quantitative estimate of drug-likeness (QED) is 0.498. The number of hydrogen-bond donors (Lipinski definition) is 0. The number of ether oxygens (including phenoxy) is 1. The molecular formula is C20H19NO2S2. The Morgan fingerprint density at radius 1 is 1.12 bits per heavy atom. The molecule has 3 rings (SSSR count). The van der Waals surface area contributed by atoms with Crippen molar-refractivity contribution in [3.05, 3.63) is 65.1 Å². The second kappa shape index (κ2) is 8.32. The number of unbranched alkanes of at least 4 members (excludes halogenated alkanes) is 1. The van der Waals surface area contributed by atoms with E-state index in [1.54, 1.807) is 4.90 Å². The maximum atomic E-state index is 12.5. The molecule has 0 atom stereocenters. The lowest BCUT2D eigenvalue weighted by atomic mass is 10.2. The fourth-order valence-electron chi connectivity index (χ4n) is 2.45. The van der Waals surface area contributed by atoms with Gasteiger partial charge in [0.05, 0.1) is 4.91 Å². The number of hydrogen-bond acceptors (Lipinski definition) is 4. The highest BCUT2D eigenvalue weighted by Crippen LogP contribution is 2.33. The third-order valence-corrected chi connectivity index (χ3v) is 5.12. The highest BCUT2D eigenvalue weighted by atomic mass is 32.2. The zero-order valence-corrected chi connectivity index (χ0v) is 15.6. The first-order valence-electron chi connectivity index (χ1n) is 8.25. The van der Waals surface area contributed by atoms with E-state index in [0.29, 0.717) is 15.8 Å². The van der Waals surface area contributed by atoms with Gasteiger partial charge >= 0.3 is 0 Å². The maximum Gasteiger partial charge on any atom is 0.266 e. The highest BCUT2D eigenvalue weighted by Gasteiger charge is 2.31. The number of rotatable bonds is 6. The van der Waals surface area contributed by atoms with Gasteiger partial charge in [-0.1, -0.05) is 67.7 Å². The van der Waals surface area contributed by atoms with E-state index in [1.807, 2.05) is 60.7 Å². The van der Waals surface area contributed by atoms with Gasteiger partial charge in [0.1, 0.15) is 15.8 Å². The summed E-state index contributed by atoms with van der Waals surface area (Å²) in [4.78, 5) is 14.9. The number of carbonyl (C=O) groups excluding carboxylic acids is 1. The van der Waals surface area contributed by atoms with Gasteiger partial charge in [0.25, 0.3) is 5.91 Å². The van der Waals surface area contributed by atoms with E-state index >= 15 is 0 Å². The molecule has 1 aliphatic heterocycles. The summed E-state index contributed by atoms with van der Waals surface area (Å²) in [6, 6.07) is 17.3. The molecule has 2 aromatic carbocycles. The SMILES string of the molecule is CCCCN1C(=O)/C(=C\c2cccc(Oc3ccccc3)c2)SC1=S. The molecule has 25 heavy (non-hydrogen) atoms. The lowest BCUT2D eigenvalue weighted by molar-refractivity contribution is -0.122. The third kappa shape index (κ3) is 4.50. The zero-order chi connectivity index (χ0) is 17.6. The molecule has 1 aliphatic rings. The molecule has 0 radical (unpaired) electrons. The van der Waals surface area contributed by atoms with Crippen LogP contribution in [0.2, 0.25) is 0 Å². The minimum Gasteiger partial charge on any atom is -0.457 e. The van der Waals surface area contributed by atoms with Gasteiger partial charge in [0.15, 0.2) is 0 Å². The van der Waals surface area contributed by atoms with Crippen molar-refractivity contribution in [2.75, 3.05) is 6.54 Å². The van der Waals surface area contributed by atoms with E-state index in [9.17, 15) is 4.79 Å². The average molecular weight is 370 g/mol. The van der Waals surface area contributed by atoms with Crippen LogP contribution in [0.15, 0.2) is 59.5 Å². The summed E-state index contributed by atoms with van der Waals surface area (Å²) in [5.41, 5.74) is 0.921. The molecule has 5 heteroatoms. The molecule has 1 fully saturated rings. The van der Waals surface area contributed by atoms with Gasteiger partial charge in [0, 0.05) is 6.54 Å². The van der Waals surface area contributed by atoms with Crippen LogP contribution in [-0.2, 0) is 4.79 Å². The van der Waals surface area contributed by atoms with E-state index in [2.05, 4.69) is 6.92 Å². The first-order valence-corrected chi connectivity index (χ1v) is 9.48. The second-order valence-corrected chi connectivity index (χ2v) is 7.35. The largest absolute Gasteiger partial charge is 0.457 e. The van der Waals surface area contributed by atoms with Gasteiger partial charge in [-0.15, -0.1) is 0 Å². The van der Waals surface area contributed by atoms with Gasteiger partial charge in [-0.05, 0) is 42.3 Å². The maximum absolute atomic E-state index is 12.5. The molecule has 1 saturated heterocycles. The predicted octanol–water partition coefficient (Wildman–Crippen LogP) is 5.48. The summed E-state index contributed by atoms with van der Waals surface area (Å²) in [5.74, 6) is 1.52. The van der Waals surface area contributed by atoms with Gasteiger partial charge in [0.2, 0.25) is 0 Å². The van der Waals surface area contributed by atoms with Crippen LogP contribution >= 0.6 is 24.0 Å². The van der Waals surface area contributed by atoms with Crippen LogP contribution in [0.3, 0.4) is 0 Å². The summed E-state index contributed by atoms with van der Waals surface area (Å²) in [5, 5.41) is 0. The molecule has 0 saturated carbocycles.